The number of benzene rings is 2. The van der Waals surface area contributed by atoms with E-state index in [1.807, 2.05) is 6.07 Å². The van der Waals surface area contributed by atoms with E-state index in [4.69, 9.17) is 5.11 Å². The second-order valence-corrected chi connectivity index (χ2v) is 7.23. The molecule has 0 radical (unpaired) electrons. The zero-order chi connectivity index (χ0) is 18.5. The van der Waals surface area contributed by atoms with Crippen molar-refractivity contribution >= 4 is 33.4 Å². The zero-order valence-corrected chi connectivity index (χ0v) is 15.3. The number of aryl methyl sites for hydroxylation is 1. The summed E-state index contributed by atoms with van der Waals surface area (Å²) in [6.07, 6.45) is 2.36. The number of carbonyl (C=O) groups excluding carboxylic acids is 1. The number of carbonyl (C=O) groups is 2. The average molecular weight is 368 g/mol. The van der Waals surface area contributed by atoms with Crippen molar-refractivity contribution in [2.45, 2.75) is 32.7 Å². The predicted octanol–water partition coefficient (Wildman–Crippen LogP) is 3.81. The van der Waals surface area contributed by atoms with Crippen LogP contribution in [0.1, 0.15) is 39.8 Å². The van der Waals surface area contributed by atoms with Crippen molar-refractivity contribution in [3.8, 4) is 0 Å². The van der Waals surface area contributed by atoms with Crippen LogP contribution in [0.2, 0.25) is 0 Å². The summed E-state index contributed by atoms with van der Waals surface area (Å²) >= 11 is 1.54. The quantitative estimate of drug-likeness (QED) is 0.665. The number of thiazole rings is 1. The lowest BCUT2D eigenvalue weighted by Crippen LogP contribution is -2.24. The standard InChI is InChI=1S/C20H20N2O3S/c1-2-4-13-7-8-16-17(10-13)26-19(22-16)11-18(23)21-12-14-5-3-6-15(9-14)20(24)25/h3,5-10H,2,4,11-12H2,1H3,(H,21,23)(H,24,25). The Morgan fingerprint density at radius 3 is 2.77 bits per heavy atom. The maximum Gasteiger partial charge on any atom is 0.335 e. The first-order chi connectivity index (χ1) is 12.5. The highest BCUT2D eigenvalue weighted by Gasteiger charge is 2.10. The highest BCUT2D eigenvalue weighted by Crippen LogP contribution is 2.24. The monoisotopic (exact) mass is 368 g/mol. The van der Waals surface area contributed by atoms with E-state index in [2.05, 4.69) is 29.4 Å². The van der Waals surface area contributed by atoms with Crippen molar-refractivity contribution in [1.29, 1.82) is 0 Å². The summed E-state index contributed by atoms with van der Waals surface area (Å²) in [6.45, 7) is 2.45. The van der Waals surface area contributed by atoms with Crippen LogP contribution in [0.4, 0.5) is 0 Å². The molecule has 6 heteroatoms. The lowest BCUT2D eigenvalue weighted by molar-refractivity contribution is -0.120. The van der Waals surface area contributed by atoms with Gasteiger partial charge in [-0.25, -0.2) is 9.78 Å². The molecular weight excluding hydrogens is 348 g/mol. The average Bonchev–Trinajstić information content (AvgIpc) is 3.02. The molecule has 3 aromatic rings. The molecule has 0 saturated heterocycles. The molecule has 0 aliphatic heterocycles. The Balaban J connectivity index is 1.62. The van der Waals surface area contributed by atoms with Gasteiger partial charge in [-0.3, -0.25) is 4.79 Å². The summed E-state index contributed by atoms with van der Waals surface area (Å²) < 4.78 is 1.10. The molecule has 1 aromatic heterocycles. The summed E-state index contributed by atoms with van der Waals surface area (Å²) in [6, 6.07) is 12.8. The Morgan fingerprint density at radius 2 is 2.00 bits per heavy atom. The van der Waals surface area contributed by atoms with Crippen LogP contribution in [0.25, 0.3) is 10.2 Å². The number of nitrogens with zero attached hydrogens (tertiary/aromatic N) is 1. The van der Waals surface area contributed by atoms with Crippen LogP contribution < -0.4 is 5.32 Å². The van der Waals surface area contributed by atoms with Crippen LogP contribution in [-0.2, 0) is 24.2 Å². The largest absolute Gasteiger partial charge is 0.478 e. The molecule has 2 N–H and O–H groups in total. The minimum Gasteiger partial charge on any atom is -0.478 e. The zero-order valence-electron chi connectivity index (χ0n) is 14.5. The van der Waals surface area contributed by atoms with Gasteiger partial charge < -0.3 is 10.4 Å². The maximum atomic E-state index is 12.2. The van der Waals surface area contributed by atoms with Crippen molar-refractivity contribution in [3.05, 3.63) is 64.2 Å². The van der Waals surface area contributed by atoms with E-state index in [1.54, 1.807) is 29.5 Å². The topological polar surface area (TPSA) is 79.3 Å². The Hall–Kier alpha value is -2.73. The molecule has 0 aliphatic carbocycles. The van der Waals surface area contributed by atoms with Gasteiger partial charge in [0.05, 0.1) is 22.2 Å². The van der Waals surface area contributed by atoms with Crippen molar-refractivity contribution in [2.24, 2.45) is 0 Å². The summed E-state index contributed by atoms with van der Waals surface area (Å²) in [4.78, 5) is 27.7. The molecule has 0 unspecified atom stereocenters. The molecule has 26 heavy (non-hydrogen) atoms. The minimum absolute atomic E-state index is 0.126. The first-order valence-electron chi connectivity index (χ1n) is 8.52. The van der Waals surface area contributed by atoms with E-state index in [-0.39, 0.29) is 17.9 Å². The summed E-state index contributed by atoms with van der Waals surface area (Å²) in [5.41, 5.74) is 3.18. The first-order valence-corrected chi connectivity index (χ1v) is 9.34. The van der Waals surface area contributed by atoms with E-state index in [1.165, 1.54) is 11.6 Å². The Bertz CT molecular complexity index is 949. The summed E-state index contributed by atoms with van der Waals surface area (Å²) in [5, 5.41) is 12.6. The number of fused-ring (bicyclic) bond motifs is 1. The number of carboxylic acids is 1. The second-order valence-electron chi connectivity index (χ2n) is 6.12. The molecule has 0 spiro atoms. The summed E-state index contributed by atoms with van der Waals surface area (Å²) in [5.74, 6) is -1.10. The molecular formula is C20H20N2O3S. The van der Waals surface area contributed by atoms with E-state index < -0.39 is 5.97 Å². The van der Waals surface area contributed by atoms with E-state index in [0.717, 1.165) is 33.6 Å². The van der Waals surface area contributed by atoms with Crippen molar-refractivity contribution in [3.63, 3.8) is 0 Å². The van der Waals surface area contributed by atoms with Gasteiger partial charge in [-0.15, -0.1) is 11.3 Å². The number of nitrogens with one attached hydrogen (secondary N) is 1. The highest BCUT2D eigenvalue weighted by atomic mass is 32.1. The van der Waals surface area contributed by atoms with Crippen LogP contribution in [0, 0.1) is 0 Å². The number of hydrogen-bond donors (Lipinski definition) is 2. The Labute approximate surface area is 155 Å². The van der Waals surface area contributed by atoms with Crippen LogP contribution in [0.5, 0.6) is 0 Å². The third-order valence-corrected chi connectivity index (χ3v) is 5.03. The van der Waals surface area contributed by atoms with Crippen molar-refractivity contribution < 1.29 is 14.7 Å². The fourth-order valence-corrected chi connectivity index (χ4v) is 3.78. The fraction of sp³-hybridized carbons (Fsp3) is 0.250. The molecule has 0 fully saturated rings. The molecule has 0 bridgehead atoms. The van der Waals surface area contributed by atoms with Gasteiger partial charge in [-0.1, -0.05) is 31.5 Å². The van der Waals surface area contributed by atoms with E-state index in [9.17, 15) is 9.59 Å². The maximum absolute atomic E-state index is 12.2. The van der Waals surface area contributed by atoms with Gasteiger partial charge in [0.2, 0.25) is 5.91 Å². The number of hydrogen-bond acceptors (Lipinski definition) is 4. The van der Waals surface area contributed by atoms with Gasteiger partial charge in [-0.2, -0.15) is 0 Å². The SMILES string of the molecule is CCCc1ccc2nc(CC(=O)NCc3cccc(C(=O)O)c3)sc2c1. The molecule has 134 valence electrons. The molecule has 2 aromatic carbocycles. The molecule has 0 atom stereocenters. The van der Waals surface area contributed by atoms with Crippen LogP contribution in [-0.4, -0.2) is 22.0 Å². The van der Waals surface area contributed by atoms with Crippen molar-refractivity contribution in [2.75, 3.05) is 0 Å². The number of aromatic carboxylic acids is 1. The highest BCUT2D eigenvalue weighted by molar-refractivity contribution is 7.18. The van der Waals surface area contributed by atoms with Crippen molar-refractivity contribution in [1.82, 2.24) is 10.3 Å². The minimum atomic E-state index is -0.977. The Kier molecular flexibility index (Phi) is 5.63. The lowest BCUT2D eigenvalue weighted by atomic mass is 10.1. The molecule has 5 nitrogen and oxygen atoms in total. The number of amides is 1. The van der Waals surface area contributed by atoms with E-state index in [0.29, 0.717) is 6.54 Å². The number of rotatable bonds is 7. The predicted molar refractivity (Wildman–Crippen MR) is 103 cm³/mol. The number of carboxylic acid groups (broad SMARTS) is 1. The number of aromatic nitrogens is 1. The van der Waals surface area contributed by atoms with Gasteiger partial charge in [0.15, 0.2) is 0 Å². The van der Waals surface area contributed by atoms with E-state index >= 15 is 0 Å². The smallest absolute Gasteiger partial charge is 0.335 e. The molecule has 3 rings (SSSR count). The van der Waals surface area contributed by atoms with Gasteiger partial charge in [-0.05, 0) is 41.8 Å². The van der Waals surface area contributed by atoms with Gasteiger partial charge in [0.1, 0.15) is 5.01 Å². The molecule has 1 amide bonds. The van der Waals surface area contributed by atoms with Crippen LogP contribution in [0.15, 0.2) is 42.5 Å². The Morgan fingerprint density at radius 1 is 1.15 bits per heavy atom. The molecule has 1 heterocycles. The summed E-state index contributed by atoms with van der Waals surface area (Å²) in [7, 11) is 0. The third kappa shape index (κ3) is 4.46. The normalized spacial score (nSPS) is 10.8. The van der Waals surface area contributed by atoms with Gasteiger partial charge in [0.25, 0.3) is 0 Å². The molecule has 0 saturated carbocycles. The van der Waals surface area contributed by atoms with Crippen LogP contribution in [0.3, 0.4) is 0 Å². The first kappa shape index (κ1) is 18.1. The second kappa shape index (κ2) is 8.10. The third-order valence-electron chi connectivity index (χ3n) is 4.01. The lowest BCUT2D eigenvalue weighted by Gasteiger charge is -2.05. The molecule has 0 aliphatic rings. The van der Waals surface area contributed by atoms with Crippen LogP contribution >= 0.6 is 11.3 Å². The van der Waals surface area contributed by atoms with Gasteiger partial charge in [0, 0.05) is 6.54 Å². The fourth-order valence-electron chi connectivity index (χ4n) is 2.75. The van der Waals surface area contributed by atoms with Gasteiger partial charge >= 0.3 is 5.97 Å².